The topological polar surface area (TPSA) is 87.0 Å². The molecule has 1 atom stereocenters. The van der Waals surface area contributed by atoms with Crippen LogP contribution in [0.1, 0.15) is 30.6 Å². The third-order valence-electron chi connectivity index (χ3n) is 1.95. The number of ether oxygens (including phenoxy) is 1. The molecule has 0 saturated heterocycles. The number of carbonyl (C=O) groups excluding carboxylic acids is 1. The van der Waals surface area contributed by atoms with Crippen LogP contribution in [-0.2, 0) is 4.74 Å². The Balaban J connectivity index is 0.000000411. The van der Waals surface area contributed by atoms with Gasteiger partial charge in [0.15, 0.2) is 0 Å². The lowest BCUT2D eigenvalue weighted by atomic mass is 10.2. The van der Waals surface area contributed by atoms with Crippen molar-refractivity contribution in [2.45, 2.75) is 26.4 Å². The van der Waals surface area contributed by atoms with Crippen LogP contribution in [-0.4, -0.2) is 40.6 Å². The summed E-state index contributed by atoms with van der Waals surface area (Å²) in [4.78, 5) is 11.1. The number of benzene rings is 1. The minimum absolute atomic E-state index is 0.0454. The summed E-state index contributed by atoms with van der Waals surface area (Å²) >= 11 is 0. The van der Waals surface area contributed by atoms with E-state index in [4.69, 9.17) is 14.9 Å². The highest BCUT2D eigenvalue weighted by Crippen LogP contribution is 2.16. The predicted octanol–water partition coefficient (Wildman–Crippen LogP) is 1.32. The van der Waals surface area contributed by atoms with Crippen LogP contribution in [0.25, 0.3) is 0 Å². The quantitative estimate of drug-likeness (QED) is 0.707. The molecule has 5 nitrogen and oxygen atoms in total. The maximum Gasteiger partial charge on any atom is 0.341 e. The average molecular weight is 256 g/mol. The fourth-order valence-corrected chi connectivity index (χ4v) is 1.04. The number of aliphatic hydroxyl groups is 2. The first-order valence-electron chi connectivity index (χ1n) is 5.77. The number of carbonyl (C=O) groups is 1. The van der Waals surface area contributed by atoms with E-state index in [1.54, 1.807) is 26.0 Å². The van der Waals surface area contributed by atoms with Gasteiger partial charge in [0.05, 0.1) is 12.7 Å². The molecule has 0 aliphatic carbocycles. The molecule has 1 aromatic rings. The molecular formula is C13H20O5. The Morgan fingerprint density at radius 2 is 2.00 bits per heavy atom. The minimum atomic E-state index is -0.490. The van der Waals surface area contributed by atoms with Gasteiger partial charge in [-0.3, -0.25) is 0 Å². The summed E-state index contributed by atoms with van der Waals surface area (Å²) in [5.41, 5.74) is 0.208. The van der Waals surface area contributed by atoms with Gasteiger partial charge in [-0.05, 0) is 32.4 Å². The molecular weight excluding hydrogens is 236 g/mol. The van der Waals surface area contributed by atoms with E-state index in [0.29, 0.717) is 13.0 Å². The molecule has 18 heavy (non-hydrogen) atoms. The van der Waals surface area contributed by atoms with Gasteiger partial charge in [-0.1, -0.05) is 12.1 Å². The fourth-order valence-electron chi connectivity index (χ4n) is 1.04. The number of para-hydroxylation sites is 1. The Hall–Kier alpha value is -1.59. The van der Waals surface area contributed by atoms with Gasteiger partial charge in [-0.2, -0.15) is 0 Å². The smallest absolute Gasteiger partial charge is 0.341 e. The van der Waals surface area contributed by atoms with Crippen molar-refractivity contribution in [1.29, 1.82) is 0 Å². The van der Waals surface area contributed by atoms with Crippen molar-refractivity contribution in [2.24, 2.45) is 0 Å². The molecule has 0 bridgehead atoms. The largest absolute Gasteiger partial charge is 0.507 e. The van der Waals surface area contributed by atoms with Crippen molar-refractivity contribution < 1.29 is 24.9 Å². The van der Waals surface area contributed by atoms with Crippen LogP contribution in [0, 0.1) is 0 Å². The first kappa shape index (κ1) is 16.4. The molecule has 0 aliphatic rings. The molecule has 0 aliphatic heterocycles. The number of esters is 1. The lowest BCUT2D eigenvalue weighted by Crippen LogP contribution is -2.04. The van der Waals surface area contributed by atoms with Crippen molar-refractivity contribution in [2.75, 3.05) is 13.2 Å². The molecule has 1 rings (SSSR count). The van der Waals surface area contributed by atoms with Crippen molar-refractivity contribution in [1.82, 2.24) is 0 Å². The van der Waals surface area contributed by atoms with Crippen LogP contribution >= 0.6 is 0 Å². The minimum Gasteiger partial charge on any atom is -0.507 e. The van der Waals surface area contributed by atoms with E-state index in [2.05, 4.69) is 0 Å². The molecule has 3 N–H and O–H groups in total. The molecule has 0 spiro atoms. The molecule has 102 valence electrons. The molecule has 0 radical (unpaired) electrons. The standard InChI is InChI=1S/C9H10O3.C4H10O2/c1-2-12-9(11)7-5-3-4-6-8(7)10;1-4(6)2-3-5/h3-6,10H,2H2,1H3;4-6H,2-3H2,1H3. The van der Waals surface area contributed by atoms with Gasteiger partial charge in [0.25, 0.3) is 0 Å². The third kappa shape index (κ3) is 6.88. The number of hydrogen-bond donors (Lipinski definition) is 3. The van der Waals surface area contributed by atoms with E-state index in [-0.39, 0.29) is 24.0 Å². The van der Waals surface area contributed by atoms with E-state index in [0.717, 1.165) is 0 Å². The van der Waals surface area contributed by atoms with E-state index < -0.39 is 5.97 Å². The van der Waals surface area contributed by atoms with Crippen LogP contribution in [0.5, 0.6) is 5.75 Å². The number of hydrogen-bond acceptors (Lipinski definition) is 5. The Morgan fingerprint density at radius 1 is 1.39 bits per heavy atom. The molecule has 1 aromatic carbocycles. The Bertz CT molecular complexity index is 349. The van der Waals surface area contributed by atoms with Crippen molar-refractivity contribution in [3.8, 4) is 5.75 Å². The van der Waals surface area contributed by atoms with Gasteiger partial charge < -0.3 is 20.1 Å². The normalized spacial score (nSPS) is 11.1. The number of rotatable bonds is 4. The molecule has 0 heterocycles. The molecule has 0 aromatic heterocycles. The number of aromatic hydroxyl groups is 1. The molecule has 0 saturated carbocycles. The number of phenolic OH excluding ortho intramolecular Hbond substituents is 1. The van der Waals surface area contributed by atoms with Crippen molar-refractivity contribution in [3.05, 3.63) is 29.8 Å². The molecule has 1 unspecified atom stereocenters. The summed E-state index contributed by atoms with van der Waals surface area (Å²) in [6.07, 6.45) is 0.134. The SMILES string of the molecule is CC(O)CCO.CCOC(=O)c1ccccc1O. The first-order chi connectivity index (χ1) is 8.52. The lowest BCUT2D eigenvalue weighted by Gasteiger charge is -2.02. The van der Waals surface area contributed by atoms with Gasteiger partial charge in [0, 0.05) is 6.61 Å². The van der Waals surface area contributed by atoms with E-state index in [1.807, 2.05) is 0 Å². The van der Waals surface area contributed by atoms with Crippen LogP contribution in [0.2, 0.25) is 0 Å². The zero-order valence-corrected chi connectivity index (χ0v) is 10.7. The maximum absolute atomic E-state index is 11.1. The Kier molecular flexibility index (Phi) is 8.61. The van der Waals surface area contributed by atoms with Crippen molar-refractivity contribution in [3.63, 3.8) is 0 Å². The second-order valence-electron chi connectivity index (χ2n) is 3.60. The van der Waals surface area contributed by atoms with Gasteiger partial charge in [0.2, 0.25) is 0 Å². The second-order valence-corrected chi connectivity index (χ2v) is 3.60. The number of phenols is 1. The van der Waals surface area contributed by atoms with E-state index >= 15 is 0 Å². The Labute approximate surface area is 107 Å². The van der Waals surface area contributed by atoms with Gasteiger partial charge in [-0.25, -0.2) is 4.79 Å². The highest BCUT2D eigenvalue weighted by molar-refractivity contribution is 5.92. The second kappa shape index (κ2) is 9.44. The summed E-state index contributed by atoms with van der Waals surface area (Å²) in [5.74, 6) is -0.536. The third-order valence-corrected chi connectivity index (χ3v) is 1.95. The zero-order valence-electron chi connectivity index (χ0n) is 10.7. The molecule has 5 heteroatoms. The van der Waals surface area contributed by atoms with E-state index in [9.17, 15) is 9.90 Å². The van der Waals surface area contributed by atoms with Crippen molar-refractivity contribution >= 4 is 5.97 Å². The molecule has 0 fully saturated rings. The first-order valence-corrected chi connectivity index (χ1v) is 5.77. The van der Waals surface area contributed by atoms with Gasteiger partial charge in [-0.15, -0.1) is 0 Å². The summed E-state index contributed by atoms with van der Waals surface area (Å²) < 4.78 is 4.71. The van der Waals surface area contributed by atoms with Crippen LogP contribution < -0.4 is 0 Å². The average Bonchev–Trinajstić information content (AvgIpc) is 2.30. The van der Waals surface area contributed by atoms with Gasteiger partial charge >= 0.3 is 5.97 Å². The zero-order chi connectivity index (χ0) is 14.0. The summed E-state index contributed by atoms with van der Waals surface area (Å²) in [6, 6.07) is 6.30. The predicted molar refractivity (Wildman–Crippen MR) is 67.4 cm³/mol. The van der Waals surface area contributed by atoms with Gasteiger partial charge in [0.1, 0.15) is 11.3 Å². The fraction of sp³-hybridized carbons (Fsp3) is 0.462. The van der Waals surface area contributed by atoms with E-state index in [1.165, 1.54) is 12.1 Å². The highest BCUT2D eigenvalue weighted by Gasteiger charge is 2.09. The monoisotopic (exact) mass is 256 g/mol. The van der Waals surface area contributed by atoms with Crippen LogP contribution in [0.4, 0.5) is 0 Å². The van der Waals surface area contributed by atoms with Crippen LogP contribution in [0.15, 0.2) is 24.3 Å². The number of aliphatic hydroxyl groups excluding tert-OH is 2. The summed E-state index contributed by atoms with van der Waals surface area (Å²) in [7, 11) is 0. The summed E-state index contributed by atoms with van der Waals surface area (Å²) in [5, 5.41) is 25.7. The maximum atomic E-state index is 11.1. The highest BCUT2D eigenvalue weighted by atomic mass is 16.5. The Morgan fingerprint density at radius 3 is 2.39 bits per heavy atom. The summed E-state index contributed by atoms with van der Waals surface area (Å²) in [6.45, 7) is 3.76. The molecule has 0 amide bonds. The lowest BCUT2D eigenvalue weighted by molar-refractivity contribution is 0.0523. The van der Waals surface area contributed by atoms with Crippen LogP contribution in [0.3, 0.4) is 0 Å².